The maximum atomic E-state index is 12.2. The number of nitrogens with zero attached hydrogens (tertiary/aromatic N) is 1. The molecule has 1 aliphatic heterocycles. The second kappa shape index (κ2) is 6.09. The summed E-state index contributed by atoms with van der Waals surface area (Å²) in [4.78, 5) is 25.2. The molecule has 4 nitrogen and oxygen atoms in total. The Morgan fingerprint density at radius 3 is 2.71 bits per heavy atom. The molecule has 1 saturated heterocycles. The molecular weight excluding hydrogens is 328 g/mol. The molecule has 0 radical (unpaired) electrons. The standard InChI is InChI=1S/C14H11ClN2O2S2/c15-10-5-3-9(4-6-10)13(19)16-17-12(18)8-21-14(17)11-2-1-7-20-11/h1-7,14H,8H2,(H,16,19)/t14-/m1/s1. The number of hydrazine groups is 1. The summed E-state index contributed by atoms with van der Waals surface area (Å²) in [5.41, 5.74) is 3.16. The van der Waals surface area contributed by atoms with Crippen LogP contribution in [0.2, 0.25) is 5.02 Å². The molecule has 108 valence electrons. The number of thioether (sulfide) groups is 1. The molecule has 2 amide bonds. The highest BCUT2D eigenvalue weighted by molar-refractivity contribution is 8.00. The van der Waals surface area contributed by atoms with Gasteiger partial charge in [-0.25, -0.2) is 5.01 Å². The van der Waals surface area contributed by atoms with Crippen LogP contribution < -0.4 is 5.43 Å². The van der Waals surface area contributed by atoms with E-state index in [0.717, 1.165) is 4.88 Å². The van der Waals surface area contributed by atoms with Gasteiger partial charge in [-0.2, -0.15) is 0 Å². The molecular formula is C14H11ClN2O2S2. The molecule has 0 spiro atoms. The molecule has 3 rings (SSSR count). The molecule has 7 heteroatoms. The van der Waals surface area contributed by atoms with Gasteiger partial charge in [0.15, 0.2) is 0 Å². The Kier molecular flexibility index (Phi) is 4.19. The summed E-state index contributed by atoms with van der Waals surface area (Å²) >= 11 is 8.88. The minimum atomic E-state index is -0.316. The number of carbonyl (C=O) groups excluding carboxylic acids is 2. The first kappa shape index (κ1) is 14.4. The van der Waals surface area contributed by atoms with Crippen molar-refractivity contribution in [3.63, 3.8) is 0 Å². The lowest BCUT2D eigenvalue weighted by Crippen LogP contribution is -2.44. The Morgan fingerprint density at radius 2 is 2.05 bits per heavy atom. The number of amides is 2. The predicted molar refractivity (Wildman–Crippen MR) is 85.3 cm³/mol. The summed E-state index contributed by atoms with van der Waals surface area (Å²) in [7, 11) is 0. The van der Waals surface area contributed by atoms with Gasteiger partial charge in [0.05, 0.1) is 5.75 Å². The average molecular weight is 339 g/mol. The molecule has 21 heavy (non-hydrogen) atoms. The van der Waals surface area contributed by atoms with Crippen LogP contribution in [0.15, 0.2) is 41.8 Å². The van der Waals surface area contributed by atoms with Gasteiger partial charge in [0, 0.05) is 15.5 Å². The van der Waals surface area contributed by atoms with Gasteiger partial charge < -0.3 is 0 Å². The summed E-state index contributed by atoms with van der Waals surface area (Å²) in [5, 5.41) is 3.77. The highest BCUT2D eigenvalue weighted by Gasteiger charge is 2.35. The van der Waals surface area contributed by atoms with Crippen LogP contribution >= 0.6 is 34.7 Å². The van der Waals surface area contributed by atoms with E-state index in [4.69, 9.17) is 11.6 Å². The SMILES string of the molecule is O=C(NN1C(=O)CS[C@@H]1c1cccs1)c1ccc(Cl)cc1. The number of benzene rings is 1. The average Bonchev–Trinajstić information content (AvgIpc) is 3.10. The third-order valence-corrected chi connectivity index (χ3v) is 5.50. The Morgan fingerprint density at radius 1 is 1.29 bits per heavy atom. The van der Waals surface area contributed by atoms with Gasteiger partial charge in [-0.15, -0.1) is 23.1 Å². The van der Waals surface area contributed by atoms with Crippen molar-refractivity contribution in [3.8, 4) is 0 Å². The largest absolute Gasteiger partial charge is 0.272 e. The number of carbonyl (C=O) groups is 2. The maximum Gasteiger partial charge on any atom is 0.269 e. The molecule has 1 aromatic carbocycles. The van der Waals surface area contributed by atoms with E-state index in [2.05, 4.69) is 5.43 Å². The molecule has 1 atom stereocenters. The molecule has 0 aliphatic carbocycles. The fourth-order valence-electron chi connectivity index (χ4n) is 1.96. The Labute approximate surface area is 135 Å². The number of hydrogen-bond donors (Lipinski definition) is 1. The summed E-state index contributed by atoms with van der Waals surface area (Å²) < 4.78 is 0. The van der Waals surface area contributed by atoms with Gasteiger partial charge in [-0.1, -0.05) is 17.7 Å². The van der Waals surface area contributed by atoms with Crippen molar-refractivity contribution in [2.45, 2.75) is 5.37 Å². The van der Waals surface area contributed by atoms with Crippen molar-refractivity contribution in [1.82, 2.24) is 10.4 Å². The molecule has 0 bridgehead atoms. The highest BCUT2D eigenvalue weighted by Crippen LogP contribution is 2.39. The van der Waals surface area contributed by atoms with E-state index in [9.17, 15) is 9.59 Å². The number of rotatable bonds is 3. The Bertz CT molecular complexity index is 658. The topological polar surface area (TPSA) is 49.4 Å². The molecule has 2 heterocycles. The summed E-state index contributed by atoms with van der Waals surface area (Å²) in [6.45, 7) is 0. The van der Waals surface area contributed by atoms with Crippen molar-refractivity contribution >= 4 is 46.5 Å². The molecule has 1 aromatic heterocycles. The van der Waals surface area contributed by atoms with Crippen LogP contribution in [0.3, 0.4) is 0 Å². The van der Waals surface area contributed by atoms with E-state index in [0.29, 0.717) is 16.3 Å². The van der Waals surface area contributed by atoms with Crippen LogP contribution in [0.4, 0.5) is 0 Å². The van der Waals surface area contributed by atoms with E-state index in [1.807, 2.05) is 17.5 Å². The highest BCUT2D eigenvalue weighted by atomic mass is 35.5. The number of thiophene rings is 1. The monoisotopic (exact) mass is 338 g/mol. The number of hydrogen-bond acceptors (Lipinski definition) is 4. The lowest BCUT2D eigenvalue weighted by molar-refractivity contribution is -0.130. The van der Waals surface area contributed by atoms with Crippen LogP contribution in [-0.2, 0) is 4.79 Å². The van der Waals surface area contributed by atoms with Gasteiger partial charge in [0.1, 0.15) is 5.37 Å². The third kappa shape index (κ3) is 3.07. The van der Waals surface area contributed by atoms with E-state index >= 15 is 0 Å². The molecule has 1 fully saturated rings. The second-order valence-corrected chi connectivity index (χ2v) is 6.87. The van der Waals surface area contributed by atoms with Crippen LogP contribution in [0.5, 0.6) is 0 Å². The van der Waals surface area contributed by atoms with Crippen molar-refractivity contribution < 1.29 is 9.59 Å². The summed E-state index contributed by atoms with van der Waals surface area (Å²) in [6, 6.07) is 10.4. The van der Waals surface area contributed by atoms with Crippen LogP contribution in [0, 0.1) is 0 Å². The molecule has 1 N–H and O–H groups in total. The summed E-state index contributed by atoms with van der Waals surface area (Å²) in [6.07, 6.45) is 0. The van der Waals surface area contributed by atoms with E-state index in [1.54, 1.807) is 35.6 Å². The van der Waals surface area contributed by atoms with Crippen molar-refractivity contribution in [3.05, 3.63) is 57.2 Å². The van der Waals surface area contributed by atoms with Gasteiger partial charge in [-0.3, -0.25) is 15.0 Å². The summed E-state index contributed by atoms with van der Waals surface area (Å²) in [5.74, 6) is -0.0477. The van der Waals surface area contributed by atoms with Gasteiger partial charge in [0.25, 0.3) is 11.8 Å². The zero-order valence-corrected chi connectivity index (χ0v) is 13.2. The minimum Gasteiger partial charge on any atom is -0.272 e. The first-order valence-electron chi connectivity index (χ1n) is 6.19. The van der Waals surface area contributed by atoms with Crippen LogP contribution in [0.25, 0.3) is 0 Å². The molecule has 2 aromatic rings. The van der Waals surface area contributed by atoms with Gasteiger partial charge in [0.2, 0.25) is 0 Å². The normalized spacial score (nSPS) is 18.0. The molecule has 0 saturated carbocycles. The lowest BCUT2D eigenvalue weighted by atomic mass is 10.2. The van der Waals surface area contributed by atoms with Crippen molar-refractivity contribution in [1.29, 1.82) is 0 Å². The van der Waals surface area contributed by atoms with E-state index in [1.165, 1.54) is 16.8 Å². The molecule has 1 aliphatic rings. The Hall–Kier alpha value is -1.50. The van der Waals surface area contributed by atoms with Crippen LogP contribution in [-0.4, -0.2) is 22.6 Å². The molecule has 0 unspecified atom stereocenters. The first-order valence-corrected chi connectivity index (χ1v) is 8.49. The van der Waals surface area contributed by atoms with E-state index in [-0.39, 0.29) is 17.2 Å². The maximum absolute atomic E-state index is 12.2. The number of halogens is 1. The lowest BCUT2D eigenvalue weighted by Gasteiger charge is -2.23. The van der Waals surface area contributed by atoms with Crippen LogP contribution in [0.1, 0.15) is 20.6 Å². The third-order valence-electron chi connectivity index (χ3n) is 2.98. The van der Waals surface area contributed by atoms with Crippen molar-refractivity contribution in [2.75, 3.05) is 5.75 Å². The smallest absolute Gasteiger partial charge is 0.269 e. The van der Waals surface area contributed by atoms with E-state index < -0.39 is 0 Å². The first-order chi connectivity index (χ1) is 10.1. The van der Waals surface area contributed by atoms with Gasteiger partial charge >= 0.3 is 0 Å². The zero-order chi connectivity index (χ0) is 14.8. The van der Waals surface area contributed by atoms with Crippen molar-refractivity contribution in [2.24, 2.45) is 0 Å². The fourth-order valence-corrected chi connectivity index (χ4v) is 4.15. The quantitative estimate of drug-likeness (QED) is 0.934. The zero-order valence-electron chi connectivity index (χ0n) is 10.8. The van der Waals surface area contributed by atoms with Gasteiger partial charge in [-0.05, 0) is 35.7 Å². The number of nitrogens with one attached hydrogen (secondary N) is 1. The second-order valence-electron chi connectivity index (χ2n) is 4.39. The fraction of sp³-hybridized carbons (Fsp3) is 0.143. The Balaban J connectivity index is 1.77. The predicted octanol–water partition coefficient (Wildman–Crippen LogP) is 3.32. The minimum absolute atomic E-state index is 0.0966.